The van der Waals surface area contributed by atoms with E-state index in [9.17, 15) is 0 Å². The van der Waals surface area contributed by atoms with E-state index in [1.165, 1.54) is 12.8 Å². The molecule has 1 aliphatic heterocycles. The van der Waals surface area contributed by atoms with Crippen LogP contribution in [0.5, 0.6) is 0 Å². The first kappa shape index (κ1) is 9.71. The Morgan fingerprint density at radius 2 is 2.36 bits per heavy atom. The Morgan fingerprint density at radius 1 is 1.57 bits per heavy atom. The van der Waals surface area contributed by atoms with Crippen LogP contribution in [0.2, 0.25) is 0 Å². The van der Waals surface area contributed by atoms with Crippen molar-refractivity contribution >= 4 is 0 Å². The highest BCUT2D eigenvalue weighted by molar-refractivity contribution is 5.18. The minimum Gasteiger partial charge on any atom is -0.361 e. The van der Waals surface area contributed by atoms with Gasteiger partial charge in [0, 0.05) is 17.5 Å². The molecule has 1 fully saturated rings. The van der Waals surface area contributed by atoms with Crippen molar-refractivity contribution in [2.45, 2.75) is 45.1 Å². The molecule has 1 N–H and O–H groups in total. The van der Waals surface area contributed by atoms with Crippen LogP contribution in [0, 0.1) is 6.92 Å². The van der Waals surface area contributed by atoms with E-state index < -0.39 is 0 Å². The minimum absolute atomic E-state index is 0.0776. The maximum absolute atomic E-state index is 5.13. The fourth-order valence-electron chi connectivity index (χ4n) is 2.15. The van der Waals surface area contributed by atoms with E-state index >= 15 is 0 Å². The molecule has 0 spiro atoms. The maximum atomic E-state index is 5.13. The van der Waals surface area contributed by atoms with Gasteiger partial charge in [0.25, 0.3) is 0 Å². The largest absolute Gasteiger partial charge is 0.361 e. The van der Waals surface area contributed by atoms with E-state index in [4.69, 9.17) is 4.52 Å². The van der Waals surface area contributed by atoms with E-state index in [1.54, 1.807) is 0 Å². The Labute approximate surface area is 84.9 Å². The van der Waals surface area contributed by atoms with Gasteiger partial charge in [0.05, 0.1) is 5.69 Å². The summed E-state index contributed by atoms with van der Waals surface area (Å²) in [5.74, 6) is 0.895. The summed E-state index contributed by atoms with van der Waals surface area (Å²) < 4.78 is 5.13. The van der Waals surface area contributed by atoms with Crippen LogP contribution in [0.4, 0.5) is 0 Å². The van der Waals surface area contributed by atoms with Crippen LogP contribution in [-0.2, 0) is 5.41 Å². The zero-order chi connectivity index (χ0) is 10.2. The molecule has 0 amide bonds. The monoisotopic (exact) mass is 194 g/mol. The number of hydrogen-bond donors (Lipinski definition) is 1. The minimum atomic E-state index is 0.0776. The molecule has 0 aromatic carbocycles. The van der Waals surface area contributed by atoms with E-state index in [0.29, 0.717) is 6.04 Å². The lowest BCUT2D eigenvalue weighted by atomic mass is 9.80. The third-order valence-electron chi connectivity index (χ3n) is 3.22. The molecule has 1 saturated heterocycles. The molecule has 2 heterocycles. The van der Waals surface area contributed by atoms with Gasteiger partial charge in [-0.05, 0) is 26.3 Å². The molecule has 3 heteroatoms. The second-order valence-electron chi connectivity index (χ2n) is 4.69. The molecular formula is C11H18N2O. The summed E-state index contributed by atoms with van der Waals surface area (Å²) in [6, 6.07) is 2.58. The first-order chi connectivity index (χ1) is 6.60. The second-order valence-corrected chi connectivity index (χ2v) is 4.69. The Hall–Kier alpha value is -0.830. The summed E-state index contributed by atoms with van der Waals surface area (Å²) in [5, 5.41) is 7.64. The Balaban J connectivity index is 2.22. The Bertz CT molecular complexity index is 311. The standard InChI is InChI=1S/C11H18N2O/c1-8-7-10(13-14-8)11(2,3)9-5-4-6-12-9/h7,9,12H,4-6H2,1-3H3. The number of nitrogens with one attached hydrogen (secondary N) is 1. The van der Waals surface area contributed by atoms with Crippen molar-refractivity contribution in [3.63, 3.8) is 0 Å². The smallest absolute Gasteiger partial charge is 0.133 e. The summed E-state index contributed by atoms with van der Waals surface area (Å²) in [5.41, 5.74) is 1.14. The molecule has 14 heavy (non-hydrogen) atoms. The highest BCUT2D eigenvalue weighted by Gasteiger charge is 2.35. The predicted octanol–water partition coefficient (Wildman–Crippen LogP) is 2.01. The van der Waals surface area contributed by atoms with Gasteiger partial charge in [-0.3, -0.25) is 0 Å². The molecule has 0 aliphatic carbocycles. The second kappa shape index (κ2) is 3.39. The molecular weight excluding hydrogens is 176 g/mol. The van der Waals surface area contributed by atoms with Gasteiger partial charge >= 0.3 is 0 Å². The topological polar surface area (TPSA) is 38.1 Å². The van der Waals surface area contributed by atoms with Gasteiger partial charge in [0.15, 0.2) is 0 Å². The fourth-order valence-corrected chi connectivity index (χ4v) is 2.15. The molecule has 0 bridgehead atoms. The highest BCUT2D eigenvalue weighted by Crippen LogP contribution is 2.30. The molecule has 0 saturated carbocycles. The summed E-state index contributed by atoms with van der Waals surface area (Å²) >= 11 is 0. The van der Waals surface area contributed by atoms with Crippen molar-refractivity contribution in [2.24, 2.45) is 0 Å². The van der Waals surface area contributed by atoms with E-state index in [0.717, 1.165) is 18.0 Å². The average Bonchev–Trinajstić information content (AvgIpc) is 2.72. The van der Waals surface area contributed by atoms with Gasteiger partial charge in [0.1, 0.15) is 5.76 Å². The van der Waals surface area contributed by atoms with Gasteiger partial charge in [-0.25, -0.2) is 0 Å². The van der Waals surface area contributed by atoms with Gasteiger partial charge in [-0.2, -0.15) is 0 Å². The molecule has 3 nitrogen and oxygen atoms in total. The van der Waals surface area contributed by atoms with Crippen LogP contribution >= 0.6 is 0 Å². The molecule has 1 aromatic heterocycles. The summed E-state index contributed by atoms with van der Waals surface area (Å²) in [6.07, 6.45) is 2.50. The molecule has 1 atom stereocenters. The highest BCUT2D eigenvalue weighted by atomic mass is 16.5. The molecule has 0 radical (unpaired) electrons. The number of aromatic nitrogens is 1. The number of aryl methyl sites for hydroxylation is 1. The zero-order valence-corrected chi connectivity index (χ0v) is 9.13. The van der Waals surface area contributed by atoms with Gasteiger partial charge in [-0.15, -0.1) is 0 Å². The van der Waals surface area contributed by atoms with Crippen molar-refractivity contribution in [3.05, 3.63) is 17.5 Å². The fraction of sp³-hybridized carbons (Fsp3) is 0.727. The molecule has 78 valence electrons. The van der Waals surface area contributed by atoms with Crippen LogP contribution in [0.1, 0.15) is 38.1 Å². The van der Waals surface area contributed by atoms with Crippen molar-refractivity contribution in [2.75, 3.05) is 6.54 Å². The third-order valence-corrected chi connectivity index (χ3v) is 3.22. The number of rotatable bonds is 2. The normalized spacial score (nSPS) is 22.9. The summed E-state index contributed by atoms with van der Waals surface area (Å²) in [6.45, 7) is 7.53. The first-order valence-electron chi connectivity index (χ1n) is 5.28. The van der Waals surface area contributed by atoms with Gasteiger partial charge in [-0.1, -0.05) is 19.0 Å². The predicted molar refractivity (Wildman–Crippen MR) is 55.3 cm³/mol. The van der Waals surface area contributed by atoms with Crippen LogP contribution in [0.3, 0.4) is 0 Å². The van der Waals surface area contributed by atoms with Crippen LogP contribution in [0.15, 0.2) is 10.6 Å². The average molecular weight is 194 g/mol. The van der Waals surface area contributed by atoms with E-state index in [2.05, 4.69) is 24.3 Å². The third kappa shape index (κ3) is 1.57. The molecule has 1 aliphatic rings. The molecule has 1 aromatic rings. The first-order valence-corrected chi connectivity index (χ1v) is 5.28. The van der Waals surface area contributed by atoms with E-state index in [-0.39, 0.29) is 5.41 Å². The Morgan fingerprint density at radius 3 is 2.86 bits per heavy atom. The van der Waals surface area contributed by atoms with Crippen molar-refractivity contribution in [1.29, 1.82) is 0 Å². The molecule has 1 unspecified atom stereocenters. The number of nitrogens with zero attached hydrogens (tertiary/aromatic N) is 1. The Kier molecular flexibility index (Phi) is 2.35. The van der Waals surface area contributed by atoms with Crippen LogP contribution in [0.25, 0.3) is 0 Å². The van der Waals surface area contributed by atoms with Crippen LogP contribution < -0.4 is 5.32 Å². The SMILES string of the molecule is Cc1cc(C(C)(C)C2CCCN2)no1. The van der Waals surface area contributed by atoms with E-state index in [1.807, 2.05) is 13.0 Å². The summed E-state index contributed by atoms with van der Waals surface area (Å²) in [4.78, 5) is 0. The zero-order valence-electron chi connectivity index (χ0n) is 9.13. The lowest BCUT2D eigenvalue weighted by Gasteiger charge is -2.29. The lowest BCUT2D eigenvalue weighted by Crippen LogP contribution is -2.40. The van der Waals surface area contributed by atoms with Crippen molar-refractivity contribution < 1.29 is 4.52 Å². The quantitative estimate of drug-likeness (QED) is 0.782. The van der Waals surface area contributed by atoms with Gasteiger partial charge < -0.3 is 9.84 Å². The summed E-state index contributed by atoms with van der Waals surface area (Å²) in [7, 11) is 0. The van der Waals surface area contributed by atoms with Crippen LogP contribution in [-0.4, -0.2) is 17.7 Å². The van der Waals surface area contributed by atoms with Crippen molar-refractivity contribution in [1.82, 2.24) is 10.5 Å². The number of hydrogen-bond acceptors (Lipinski definition) is 3. The molecule has 2 rings (SSSR count). The maximum Gasteiger partial charge on any atom is 0.133 e. The van der Waals surface area contributed by atoms with Crippen molar-refractivity contribution in [3.8, 4) is 0 Å². The lowest BCUT2D eigenvalue weighted by molar-refractivity contribution is 0.329. The van der Waals surface area contributed by atoms with Gasteiger partial charge in [0.2, 0.25) is 0 Å².